The number of aliphatic hydroxyl groups excluding tert-OH is 4. The number of carbonyl (C=O) groups excluding carboxylic acids is 1. The fourth-order valence-electron chi connectivity index (χ4n) is 3.58. The van der Waals surface area contributed by atoms with E-state index in [2.05, 4.69) is 6.92 Å². The van der Waals surface area contributed by atoms with Gasteiger partial charge in [-0.25, -0.2) is 0 Å². The molecule has 4 N–H and O–H groups in total. The lowest BCUT2D eigenvalue weighted by Crippen LogP contribution is -2.62. The van der Waals surface area contributed by atoms with Crippen LogP contribution in [0, 0.1) is 0 Å². The minimum atomic E-state index is -1.25. The lowest BCUT2D eigenvalue weighted by Gasteiger charge is -2.43. The Balaban J connectivity index is 1.56. The number of esters is 1. The number of hydrogen-bond acceptors (Lipinski definition) is 9. The van der Waals surface area contributed by atoms with Crippen LogP contribution in [-0.4, -0.2) is 92.5 Å². The van der Waals surface area contributed by atoms with Crippen LogP contribution in [0.2, 0.25) is 0 Å². The Morgan fingerprint density at radius 3 is 2.67 bits per heavy atom. The lowest BCUT2D eigenvalue weighted by atomic mass is 9.94. The van der Waals surface area contributed by atoms with Gasteiger partial charge >= 0.3 is 5.97 Å². The van der Waals surface area contributed by atoms with Gasteiger partial charge in [0.15, 0.2) is 0 Å². The molecule has 2 aliphatic heterocycles. The maximum atomic E-state index is 11.8. The molecule has 2 rings (SSSR count). The Bertz CT molecular complexity index is 463. The van der Waals surface area contributed by atoms with E-state index in [0.717, 1.165) is 19.3 Å². The first-order chi connectivity index (χ1) is 12.9. The summed E-state index contributed by atoms with van der Waals surface area (Å²) >= 11 is 0. The monoisotopic (exact) mass is 423 g/mol. The van der Waals surface area contributed by atoms with E-state index in [-0.39, 0.29) is 25.7 Å². The highest BCUT2D eigenvalue weighted by Crippen LogP contribution is 2.49. The van der Waals surface area contributed by atoms with E-state index in [1.807, 2.05) is 21.6 Å². The third kappa shape index (κ3) is 7.06. The normalized spacial score (nSPS) is 34.7. The molecule has 0 aliphatic carbocycles. The van der Waals surface area contributed by atoms with Crippen LogP contribution in [0.5, 0.6) is 0 Å². The number of nitrogens with zero attached hydrogens (tertiary/aromatic N) is 1. The van der Waals surface area contributed by atoms with Gasteiger partial charge in [0.25, 0.3) is 0 Å². The Hall–Kier alpha value is -0.0300. The van der Waals surface area contributed by atoms with E-state index >= 15 is 0 Å². The van der Waals surface area contributed by atoms with Crippen LogP contribution in [0.15, 0.2) is 0 Å². The molecule has 2 fully saturated rings. The van der Waals surface area contributed by atoms with Gasteiger partial charge in [-0.1, -0.05) is 28.0 Å². The summed E-state index contributed by atoms with van der Waals surface area (Å²) in [4.78, 5) is 13.6. The van der Waals surface area contributed by atoms with Gasteiger partial charge in [-0.3, -0.25) is 9.69 Å². The Morgan fingerprint density at radius 2 is 2.00 bits per heavy atom. The van der Waals surface area contributed by atoms with Crippen molar-refractivity contribution in [3.63, 3.8) is 0 Å². The summed E-state index contributed by atoms with van der Waals surface area (Å²) in [5, 5.41) is 38.8. The van der Waals surface area contributed by atoms with Crippen molar-refractivity contribution in [3.8, 4) is 0 Å². The first-order valence-corrected chi connectivity index (χ1v) is 12.0. The molecule has 5 atom stereocenters. The first kappa shape index (κ1) is 23.3. The van der Waals surface area contributed by atoms with Gasteiger partial charge in [-0.2, -0.15) is 0 Å². The third-order valence-electron chi connectivity index (χ3n) is 5.38. The van der Waals surface area contributed by atoms with Crippen LogP contribution >= 0.6 is 21.6 Å². The molecule has 158 valence electrons. The SMILES string of the molecule is C[C@@]1(CCCCC(=O)OCCCN2CC(O)[C@@H](O)[C@H](O)C2CO)CCSS1. The van der Waals surface area contributed by atoms with Crippen molar-refractivity contribution in [2.24, 2.45) is 0 Å². The molecule has 0 radical (unpaired) electrons. The zero-order valence-corrected chi connectivity index (χ0v) is 17.6. The predicted octanol–water partition coefficient (Wildman–Crippen LogP) is 0.783. The average molecular weight is 424 g/mol. The van der Waals surface area contributed by atoms with Crippen molar-refractivity contribution in [3.05, 3.63) is 0 Å². The van der Waals surface area contributed by atoms with Crippen molar-refractivity contribution < 1.29 is 30.0 Å². The molecule has 0 spiro atoms. The summed E-state index contributed by atoms with van der Waals surface area (Å²) in [6.07, 6.45) is 1.72. The second-order valence-electron chi connectivity index (χ2n) is 7.68. The van der Waals surface area contributed by atoms with E-state index in [0.29, 0.717) is 24.1 Å². The first-order valence-electron chi connectivity index (χ1n) is 9.72. The molecule has 27 heavy (non-hydrogen) atoms. The highest BCUT2D eigenvalue weighted by molar-refractivity contribution is 8.77. The van der Waals surface area contributed by atoms with Crippen LogP contribution in [0.1, 0.15) is 45.4 Å². The second kappa shape index (κ2) is 11.2. The largest absolute Gasteiger partial charge is 0.466 e. The van der Waals surface area contributed by atoms with Gasteiger partial charge in [0, 0.05) is 30.0 Å². The van der Waals surface area contributed by atoms with Gasteiger partial charge < -0.3 is 25.2 Å². The van der Waals surface area contributed by atoms with Gasteiger partial charge in [-0.05, 0) is 32.6 Å². The summed E-state index contributed by atoms with van der Waals surface area (Å²) in [6, 6.07) is -0.618. The Morgan fingerprint density at radius 1 is 1.22 bits per heavy atom. The van der Waals surface area contributed by atoms with Crippen molar-refractivity contribution in [2.75, 3.05) is 32.1 Å². The fraction of sp³-hybridized carbons (Fsp3) is 0.944. The summed E-state index contributed by atoms with van der Waals surface area (Å²) < 4.78 is 5.62. The fourth-order valence-corrected chi connectivity index (χ4v) is 6.88. The van der Waals surface area contributed by atoms with E-state index in [4.69, 9.17) is 4.74 Å². The van der Waals surface area contributed by atoms with E-state index in [9.17, 15) is 25.2 Å². The van der Waals surface area contributed by atoms with Crippen LogP contribution < -0.4 is 0 Å². The molecular formula is C18H33NO6S2. The molecular weight excluding hydrogens is 390 g/mol. The summed E-state index contributed by atoms with van der Waals surface area (Å²) in [5.41, 5.74) is 0. The van der Waals surface area contributed by atoms with Gasteiger partial charge in [0.1, 0.15) is 12.2 Å². The Labute approximate surface area is 169 Å². The van der Waals surface area contributed by atoms with Gasteiger partial charge in [0.2, 0.25) is 0 Å². The number of aliphatic hydroxyl groups is 4. The number of β-amino-alcohol motifs (C(OH)–C–C–N with tert-alkyl or cyclic N) is 1. The molecule has 0 amide bonds. The zero-order valence-electron chi connectivity index (χ0n) is 16.0. The van der Waals surface area contributed by atoms with Crippen molar-refractivity contribution in [1.29, 1.82) is 0 Å². The molecule has 2 aliphatic rings. The number of piperidine rings is 1. The maximum absolute atomic E-state index is 11.8. The molecule has 0 bridgehead atoms. The molecule has 2 heterocycles. The van der Waals surface area contributed by atoms with Crippen LogP contribution in [-0.2, 0) is 9.53 Å². The molecule has 0 aromatic heterocycles. The summed E-state index contributed by atoms with van der Waals surface area (Å²) in [5.74, 6) is 1.02. The molecule has 0 aromatic rings. The van der Waals surface area contributed by atoms with Gasteiger partial charge in [-0.15, -0.1) is 0 Å². The molecule has 0 saturated carbocycles. The second-order valence-corrected chi connectivity index (χ2v) is 10.7. The summed E-state index contributed by atoms with van der Waals surface area (Å²) in [7, 11) is 3.90. The number of rotatable bonds is 10. The number of carbonyl (C=O) groups is 1. The highest BCUT2D eigenvalue weighted by atomic mass is 33.1. The van der Waals surface area contributed by atoms with Crippen molar-refractivity contribution >= 4 is 27.6 Å². The average Bonchev–Trinajstić information content (AvgIpc) is 3.07. The lowest BCUT2D eigenvalue weighted by molar-refractivity contribution is -0.149. The van der Waals surface area contributed by atoms with E-state index in [1.165, 1.54) is 12.2 Å². The molecule has 2 saturated heterocycles. The van der Waals surface area contributed by atoms with Crippen LogP contribution in [0.3, 0.4) is 0 Å². The Kier molecular flexibility index (Phi) is 9.67. The van der Waals surface area contributed by atoms with Crippen LogP contribution in [0.25, 0.3) is 0 Å². The topological polar surface area (TPSA) is 110 Å². The molecule has 2 unspecified atom stereocenters. The molecule has 0 aromatic carbocycles. The minimum absolute atomic E-state index is 0.173. The quantitative estimate of drug-likeness (QED) is 0.230. The number of likely N-dealkylation sites (tertiary alicyclic amines) is 1. The van der Waals surface area contributed by atoms with Crippen molar-refractivity contribution in [2.45, 2.75) is 74.5 Å². The van der Waals surface area contributed by atoms with Crippen molar-refractivity contribution in [1.82, 2.24) is 4.90 Å². The smallest absolute Gasteiger partial charge is 0.305 e. The number of hydrogen-bond donors (Lipinski definition) is 4. The summed E-state index contributed by atoms with van der Waals surface area (Å²) in [6.45, 7) is 2.90. The maximum Gasteiger partial charge on any atom is 0.305 e. The number of ether oxygens (including phenoxy) is 1. The van der Waals surface area contributed by atoms with E-state index in [1.54, 1.807) is 4.90 Å². The van der Waals surface area contributed by atoms with Gasteiger partial charge in [0.05, 0.1) is 25.4 Å². The molecule has 9 heteroatoms. The molecule has 7 nitrogen and oxygen atoms in total. The standard InChI is InChI=1S/C18H33NO6S2/c1-18(7-10-26-27-18)6-3-2-5-15(22)25-9-4-8-19-11-14(21)17(24)16(23)13(19)12-20/h13-14,16-17,20-21,23-24H,2-12H2,1H3/t13?,14?,16-,17-,18-/m1/s1. The predicted molar refractivity (Wildman–Crippen MR) is 108 cm³/mol. The van der Waals surface area contributed by atoms with Crippen LogP contribution in [0.4, 0.5) is 0 Å². The highest BCUT2D eigenvalue weighted by Gasteiger charge is 2.40. The number of unbranched alkanes of at least 4 members (excludes halogenated alkanes) is 1. The third-order valence-corrected chi connectivity index (χ3v) is 8.74. The minimum Gasteiger partial charge on any atom is -0.466 e. The zero-order chi connectivity index (χ0) is 19.9. The van der Waals surface area contributed by atoms with E-state index < -0.39 is 24.4 Å².